The van der Waals surface area contributed by atoms with Crippen LogP contribution >= 0.6 is 11.6 Å². The number of benzene rings is 1. The van der Waals surface area contributed by atoms with E-state index in [4.69, 9.17) is 11.6 Å². The SMILES string of the molecule is CCc1nc(-c2ccccc2Cl)c[nH]1. The molecule has 0 saturated carbocycles. The Bertz CT molecular complexity index is 434. The largest absolute Gasteiger partial charge is 0.348 e. The molecule has 0 atom stereocenters. The van der Waals surface area contributed by atoms with Gasteiger partial charge in [0.2, 0.25) is 0 Å². The number of nitrogens with one attached hydrogen (secondary N) is 1. The van der Waals surface area contributed by atoms with Crippen molar-refractivity contribution in [3.05, 3.63) is 41.3 Å². The van der Waals surface area contributed by atoms with E-state index in [2.05, 4.69) is 16.9 Å². The van der Waals surface area contributed by atoms with E-state index in [0.29, 0.717) is 0 Å². The molecule has 1 heterocycles. The molecule has 0 radical (unpaired) electrons. The van der Waals surface area contributed by atoms with Gasteiger partial charge in [-0.05, 0) is 6.07 Å². The Balaban J connectivity index is 2.44. The third-order valence-electron chi connectivity index (χ3n) is 2.12. The Kier molecular flexibility index (Phi) is 2.55. The number of aryl methyl sites for hydroxylation is 1. The van der Waals surface area contributed by atoms with E-state index < -0.39 is 0 Å². The molecule has 0 amide bonds. The molecule has 2 nitrogen and oxygen atoms in total. The summed E-state index contributed by atoms with van der Waals surface area (Å²) in [6.45, 7) is 2.06. The monoisotopic (exact) mass is 206 g/mol. The molecule has 0 bridgehead atoms. The van der Waals surface area contributed by atoms with E-state index >= 15 is 0 Å². The van der Waals surface area contributed by atoms with Crippen LogP contribution < -0.4 is 0 Å². The van der Waals surface area contributed by atoms with Crippen LogP contribution in [0.4, 0.5) is 0 Å². The summed E-state index contributed by atoms with van der Waals surface area (Å²) in [5.41, 5.74) is 1.89. The molecular weight excluding hydrogens is 196 g/mol. The highest BCUT2D eigenvalue weighted by atomic mass is 35.5. The first kappa shape index (κ1) is 9.28. The summed E-state index contributed by atoms with van der Waals surface area (Å²) >= 11 is 6.06. The molecule has 2 rings (SSSR count). The Hall–Kier alpha value is -1.28. The summed E-state index contributed by atoms with van der Waals surface area (Å²) in [6, 6.07) is 7.72. The van der Waals surface area contributed by atoms with Crippen molar-refractivity contribution >= 4 is 11.6 Å². The summed E-state index contributed by atoms with van der Waals surface area (Å²) in [5, 5.41) is 0.738. The number of hydrogen-bond donors (Lipinski definition) is 1. The maximum absolute atomic E-state index is 6.06. The van der Waals surface area contributed by atoms with Crippen LogP contribution in [0.2, 0.25) is 5.02 Å². The minimum absolute atomic E-state index is 0.738. The van der Waals surface area contributed by atoms with E-state index in [-0.39, 0.29) is 0 Å². The number of hydrogen-bond acceptors (Lipinski definition) is 1. The lowest BCUT2D eigenvalue weighted by Gasteiger charge is -1.98. The van der Waals surface area contributed by atoms with Gasteiger partial charge in [0.25, 0.3) is 0 Å². The molecule has 72 valence electrons. The molecule has 3 heteroatoms. The van der Waals surface area contributed by atoms with Crippen LogP contribution in [0.25, 0.3) is 11.3 Å². The van der Waals surface area contributed by atoms with Crippen molar-refractivity contribution in [2.24, 2.45) is 0 Å². The smallest absolute Gasteiger partial charge is 0.106 e. The van der Waals surface area contributed by atoms with Gasteiger partial charge >= 0.3 is 0 Å². The van der Waals surface area contributed by atoms with Gasteiger partial charge in [0.15, 0.2) is 0 Å². The lowest BCUT2D eigenvalue weighted by Crippen LogP contribution is -1.82. The summed E-state index contributed by atoms with van der Waals surface area (Å²) < 4.78 is 0. The first-order chi connectivity index (χ1) is 6.81. The zero-order valence-electron chi connectivity index (χ0n) is 7.92. The lowest BCUT2D eigenvalue weighted by atomic mass is 10.2. The first-order valence-electron chi connectivity index (χ1n) is 4.60. The van der Waals surface area contributed by atoms with E-state index in [1.54, 1.807) is 0 Å². The molecule has 0 unspecified atom stereocenters. The summed E-state index contributed by atoms with van der Waals surface area (Å²) in [7, 11) is 0. The molecular formula is C11H11ClN2. The van der Waals surface area contributed by atoms with Crippen LogP contribution in [-0.4, -0.2) is 9.97 Å². The number of aromatic nitrogens is 2. The topological polar surface area (TPSA) is 28.7 Å². The van der Waals surface area contributed by atoms with Gasteiger partial charge in [0.1, 0.15) is 5.82 Å². The van der Waals surface area contributed by atoms with Gasteiger partial charge in [-0.2, -0.15) is 0 Å². The fourth-order valence-electron chi connectivity index (χ4n) is 1.35. The predicted octanol–water partition coefficient (Wildman–Crippen LogP) is 3.29. The fourth-order valence-corrected chi connectivity index (χ4v) is 1.58. The Labute approximate surface area is 88.0 Å². The van der Waals surface area contributed by atoms with E-state index in [9.17, 15) is 0 Å². The molecule has 0 saturated heterocycles. The van der Waals surface area contributed by atoms with Gasteiger partial charge in [-0.15, -0.1) is 0 Å². The number of halogens is 1. The third-order valence-corrected chi connectivity index (χ3v) is 2.45. The maximum Gasteiger partial charge on any atom is 0.106 e. The standard InChI is InChI=1S/C11H11ClN2/c1-2-11-13-7-10(14-11)8-5-3-4-6-9(8)12/h3-7H,2H2,1H3,(H,13,14). The second-order valence-electron chi connectivity index (χ2n) is 3.07. The second-order valence-corrected chi connectivity index (χ2v) is 3.47. The van der Waals surface area contributed by atoms with Gasteiger partial charge in [-0.3, -0.25) is 0 Å². The highest BCUT2D eigenvalue weighted by Crippen LogP contribution is 2.25. The van der Waals surface area contributed by atoms with E-state index in [0.717, 1.165) is 28.5 Å². The molecule has 1 N–H and O–H groups in total. The number of nitrogens with zero attached hydrogens (tertiary/aromatic N) is 1. The number of H-pyrrole nitrogens is 1. The van der Waals surface area contributed by atoms with Crippen molar-refractivity contribution < 1.29 is 0 Å². The van der Waals surface area contributed by atoms with Crippen molar-refractivity contribution in [2.75, 3.05) is 0 Å². The van der Waals surface area contributed by atoms with Gasteiger partial charge in [0, 0.05) is 18.2 Å². The molecule has 1 aromatic carbocycles. The Morgan fingerprint density at radius 1 is 1.36 bits per heavy atom. The average molecular weight is 207 g/mol. The quantitative estimate of drug-likeness (QED) is 0.803. The number of rotatable bonds is 2. The molecule has 0 fully saturated rings. The van der Waals surface area contributed by atoms with Gasteiger partial charge in [0.05, 0.1) is 10.7 Å². The van der Waals surface area contributed by atoms with Crippen molar-refractivity contribution in [3.63, 3.8) is 0 Å². The van der Waals surface area contributed by atoms with Crippen molar-refractivity contribution in [2.45, 2.75) is 13.3 Å². The number of aromatic amines is 1. The minimum atomic E-state index is 0.738. The second kappa shape index (κ2) is 3.84. The summed E-state index contributed by atoms with van der Waals surface area (Å²) in [4.78, 5) is 7.53. The highest BCUT2D eigenvalue weighted by Gasteiger charge is 2.05. The maximum atomic E-state index is 6.06. The third kappa shape index (κ3) is 1.66. The highest BCUT2D eigenvalue weighted by molar-refractivity contribution is 6.33. The zero-order valence-corrected chi connectivity index (χ0v) is 8.67. The Morgan fingerprint density at radius 3 is 2.79 bits per heavy atom. The van der Waals surface area contributed by atoms with E-state index in [1.165, 1.54) is 0 Å². The number of imidazole rings is 1. The van der Waals surface area contributed by atoms with Gasteiger partial charge in [-0.1, -0.05) is 36.7 Å². The van der Waals surface area contributed by atoms with Gasteiger partial charge < -0.3 is 4.98 Å². The van der Waals surface area contributed by atoms with Crippen LogP contribution in [0, 0.1) is 0 Å². The van der Waals surface area contributed by atoms with Gasteiger partial charge in [-0.25, -0.2) is 4.98 Å². The van der Waals surface area contributed by atoms with Crippen molar-refractivity contribution in [1.82, 2.24) is 9.97 Å². The molecule has 1 aromatic heterocycles. The molecule has 0 aliphatic heterocycles. The van der Waals surface area contributed by atoms with E-state index in [1.807, 2.05) is 30.5 Å². The Morgan fingerprint density at radius 2 is 2.14 bits per heavy atom. The summed E-state index contributed by atoms with van der Waals surface area (Å²) in [6.07, 6.45) is 2.80. The van der Waals surface area contributed by atoms with Crippen molar-refractivity contribution in [3.8, 4) is 11.3 Å². The predicted molar refractivity (Wildman–Crippen MR) is 58.4 cm³/mol. The molecule has 0 spiro atoms. The molecule has 0 aliphatic rings. The zero-order chi connectivity index (χ0) is 9.97. The molecule has 14 heavy (non-hydrogen) atoms. The molecule has 2 aromatic rings. The summed E-state index contributed by atoms with van der Waals surface area (Å²) in [5.74, 6) is 0.986. The lowest BCUT2D eigenvalue weighted by molar-refractivity contribution is 0.991. The fraction of sp³-hybridized carbons (Fsp3) is 0.182. The normalized spacial score (nSPS) is 10.4. The van der Waals surface area contributed by atoms with Crippen molar-refractivity contribution in [1.29, 1.82) is 0 Å². The van der Waals surface area contributed by atoms with Crippen LogP contribution in [0.1, 0.15) is 12.7 Å². The van der Waals surface area contributed by atoms with Crippen LogP contribution in [0.3, 0.4) is 0 Å². The van der Waals surface area contributed by atoms with Crippen LogP contribution in [-0.2, 0) is 6.42 Å². The van der Waals surface area contributed by atoms with Crippen LogP contribution in [0.15, 0.2) is 30.5 Å². The first-order valence-corrected chi connectivity index (χ1v) is 4.98. The van der Waals surface area contributed by atoms with Crippen LogP contribution in [0.5, 0.6) is 0 Å². The minimum Gasteiger partial charge on any atom is -0.348 e. The average Bonchev–Trinajstić information content (AvgIpc) is 2.67. The molecule has 0 aliphatic carbocycles.